The Hall–Kier alpha value is -1.13. The van der Waals surface area contributed by atoms with Crippen LogP contribution in [0.25, 0.3) is 0 Å². The van der Waals surface area contributed by atoms with Crippen molar-refractivity contribution in [3.8, 4) is 0 Å². The van der Waals surface area contributed by atoms with Gasteiger partial charge in [-0.25, -0.2) is 0 Å². The van der Waals surface area contributed by atoms with Crippen molar-refractivity contribution in [2.75, 3.05) is 6.54 Å². The second-order valence-corrected chi connectivity index (χ2v) is 6.70. The van der Waals surface area contributed by atoms with E-state index in [0.717, 1.165) is 17.4 Å². The molecule has 1 aromatic carbocycles. The summed E-state index contributed by atoms with van der Waals surface area (Å²) in [5.41, 5.74) is 2.73. The van der Waals surface area contributed by atoms with E-state index in [9.17, 15) is 0 Å². The summed E-state index contributed by atoms with van der Waals surface area (Å²) >= 11 is 3.66. The number of aryl methyl sites for hydroxylation is 1. The van der Waals surface area contributed by atoms with Crippen molar-refractivity contribution in [1.82, 2.24) is 15.1 Å². The van der Waals surface area contributed by atoms with Gasteiger partial charge in [-0.15, -0.1) is 0 Å². The van der Waals surface area contributed by atoms with Gasteiger partial charge in [-0.1, -0.05) is 37.3 Å². The molecule has 2 aromatic rings. The minimum Gasteiger partial charge on any atom is -0.308 e. The van der Waals surface area contributed by atoms with Crippen LogP contribution < -0.4 is 5.32 Å². The maximum Gasteiger partial charge on any atom is 0.0695 e. The van der Waals surface area contributed by atoms with Crippen molar-refractivity contribution in [1.29, 1.82) is 0 Å². The van der Waals surface area contributed by atoms with Gasteiger partial charge in [-0.2, -0.15) is 5.10 Å². The lowest BCUT2D eigenvalue weighted by Gasteiger charge is -2.20. The lowest BCUT2D eigenvalue weighted by atomic mass is 10.0. The molecule has 4 heteroatoms. The molecule has 1 N–H and O–H groups in total. The first-order chi connectivity index (χ1) is 10.2. The van der Waals surface area contributed by atoms with E-state index in [1.165, 1.54) is 17.7 Å². The summed E-state index contributed by atoms with van der Waals surface area (Å²) in [6.45, 7) is 3.25. The standard InChI is InChI=1S/C17H22BrN3/c1-3-9-19-16(17-15(18)11-20-21(17)2)14-10-13(14)12-7-5-4-6-8-12/h4-8,11,13-14,16,19H,3,9-10H2,1-2H3. The summed E-state index contributed by atoms with van der Waals surface area (Å²) in [7, 11) is 2.03. The van der Waals surface area contributed by atoms with Crippen LogP contribution in [-0.4, -0.2) is 16.3 Å². The van der Waals surface area contributed by atoms with Gasteiger partial charge in [0.15, 0.2) is 0 Å². The average molecular weight is 348 g/mol. The summed E-state index contributed by atoms with van der Waals surface area (Å²) in [6.07, 6.45) is 4.30. The smallest absolute Gasteiger partial charge is 0.0695 e. The number of nitrogens with one attached hydrogen (secondary N) is 1. The molecule has 1 heterocycles. The number of hydrogen-bond acceptors (Lipinski definition) is 2. The zero-order valence-electron chi connectivity index (χ0n) is 12.6. The minimum absolute atomic E-state index is 0.372. The molecule has 21 heavy (non-hydrogen) atoms. The molecule has 0 saturated heterocycles. The summed E-state index contributed by atoms with van der Waals surface area (Å²) in [5.74, 6) is 1.33. The van der Waals surface area contributed by atoms with Crippen LogP contribution in [0.3, 0.4) is 0 Å². The molecule has 1 saturated carbocycles. The zero-order chi connectivity index (χ0) is 14.8. The third-order valence-corrected chi connectivity index (χ3v) is 4.95. The van der Waals surface area contributed by atoms with Gasteiger partial charge in [-0.3, -0.25) is 4.68 Å². The molecule has 3 nitrogen and oxygen atoms in total. The normalized spacial score (nSPS) is 22.2. The molecular weight excluding hydrogens is 326 g/mol. The lowest BCUT2D eigenvalue weighted by molar-refractivity contribution is 0.443. The van der Waals surface area contributed by atoms with E-state index in [4.69, 9.17) is 0 Å². The van der Waals surface area contributed by atoms with Crippen LogP contribution in [-0.2, 0) is 7.05 Å². The molecule has 1 aliphatic carbocycles. The van der Waals surface area contributed by atoms with Crippen LogP contribution in [0.4, 0.5) is 0 Å². The molecule has 0 aliphatic heterocycles. The minimum atomic E-state index is 0.372. The Kier molecular flexibility index (Phi) is 4.45. The molecule has 112 valence electrons. The molecule has 1 fully saturated rings. The Labute approximate surface area is 134 Å². The predicted molar refractivity (Wildman–Crippen MR) is 89.2 cm³/mol. The van der Waals surface area contributed by atoms with Gasteiger partial charge in [0.2, 0.25) is 0 Å². The van der Waals surface area contributed by atoms with Crippen molar-refractivity contribution in [2.45, 2.75) is 31.7 Å². The molecule has 0 bridgehead atoms. The number of hydrogen-bond donors (Lipinski definition) is 1. The first-order valence-electron chi connectivity index (χ1n) is 7.68. The highest BCUT2D eigenvalue weighted by Gasteiger charge is 2.45. The number of benzene rings is 1. The predicted octanol–water partition coefficient (Wildman–Crippen LogP) is 4.03. The number of nitrogens with zero attached hydrogens (tertiary/aromatic N) is 2. The van der Waals surface area contributed by atoms with Crippen molar-refractivity contribution in [3.63, 3.8) is 0 Å². The lowest BCUT2D eigenvalue weighted by Crippen LogP contribution is -2.26. The third kappa shape index (κ3) is 3.06. The van der Waals surface area contributed by atoms with Gasteiger partial charge in [0, 0.05) is 7.05 Å². The molecule has 0 radical (unpaired) electrons. The highest BCUT2D eigenvalue weighted by molar-refractivity contribution is 9.10. The van der Waals surface area contributed by atoms with E-state index >= 15 is 0 Å². The molecular formula is C17H22BrN3. The van der Waals surface area contributed by atoms with E-state index in [1.807, 2.05) is 17.9 Å². The Balaban J connectivity index is 1.82. The molecule has 0 amide bonds. The van der Waals surface area contributed by atoms with Crippen LogP contribution >= 0.6 is 15.9 Å². The average Bonchev–Trinajstić information content (AvgIpc) is 3.23. The second kappa shape index (κ2) is 6.32. The van der Waals surface area contributed by atoms with Crippen molar-refractivity contribution < 1.29 is 0 Å². The molecule has 0 spiro atoms. The first-order valence-corrected chi connectivity index (χ1v) is 8.47. The summed E-state index contributed by atoms with van der Waals surface area (Å²) in [5, 5.41) is 8.11. The fourth-order valence-electron chi connectivity index (χ4n) is 3.19. The van der Waals surface area contributed by atoms with E-state index < -0.39 is 0 Å². The maximum atomic E-state index is 4.38. The SMILES string of the molecule is CCCNC(c1c(Br)cnn1C)C1CC1c1ccccc1. The van der Waals surface area contributed by atoms with E-state index in [2.05, 4.69) is 63.6 Å². The van der Waals surface area contributed by atoms with Crippen molar-refractivity contribution in [2.24, 2.45) is 13.0 Å². The van der Waals surface area contributed by atoms with Crippen molar-refractivity contribution in [3.05, 3.63) is 52.3 Å². The van der Waals surface area contributed by atoms with Gasteiger partial charge in [0.1, 0.15) is 0 Å². The Morgan fingerprint density at radius 1 is 1.38 bits per heavy atom. The van der Waals surface area contributed by atoms with Gasteiger partial charge < -0.3 is 5.32 Å². The Morgan fingerprint density at radius 2 is 2.14 bits per heavy atom. The zero-order valence-corrected chi connectivity index (χ0v) is 14.2. The largest absolute Gasteiger partial charge is 0.308 e. The molecule has 1 aromatic heterocycles. The molecule has 3 atom stereocenters. The summed E-state index contributed by atoms with van der Waals surface area (Å²) in [4.78, 5) is 0. The molecule has 3 rings (SSSR count). The van der Waals surface area contributed by atoms with Crippen LogP contribution in [0.5, 0.6) is 0 Å². The van der Waals surface area contributed by atoms with Crippen LogP contribution in [0.1, 0.15) is 43.0 Å². The number of halogens is 1. The Bertz CT molecular complexity index is 574. The second-order valence-electron chi connectivity index (χ2n) is 5.85. The van der Waals surface area contributed by atoms with Gasteiger partial charge in [0.05, 0.1) is 22.4 Å². The van der Waals surface area contributed by atoms with Gasteiger partial charge in [-0.05, 0) is 52.7 Å². The van der Waals surface area contributed by atoms with Gasteiger partial charge >= 0.3 is 0 Å². The van der Waals surface area contributed by atoms with Crippen LogP contribution in [0, 0.1) is 5.92 Å². The monoisotopic (exact) mass is 347 g/mol. The van der Waals surface area contributed by atoms with Gasteiger partial charge in [0.25, 0.3) is 0 Å². The fourth-order valence-corrected chi connectivity index (χ4v) is 3.78. The number of aromatic nitrogens is 2. The third-order valence-electron chi connectivity index (χ3n) is 4.34. The van der Waals surface area contributed by atoms with Crippen LogP contribution in [0.15, 0.2) is 41.0 Å². The van der Waals surface area contributed by atoms with Crippen molar-refractivity contribution >= 4 is 15.9 Å². The van der Waals surface area contributed by atoms with E-state index in [0.29, 0.717) is 17.9 Å². The maximum absolute atomic E-state index is 4.38. The van der Waals surface area contributed by atoms with E-state index in [1.54, 1.807) is 0 Å². The van der Waals surface area contributed by atoms with Crippen LogP contribution in [0.2, 0.25) is 0 Å². The van der Waals surface area contributed by atoms with E-state index in [-0.39, 0.29) is 0 Å². The first kappa shape index (κ1) is 14.8. The molecule has 3 unspecified atom stereocenters. The number of rotatable bonds is 6. The highest BCUT2D eigenvalue weighted by atomic mass is 79.9. The Morgan fingerprint density at radius 3 is 2.76 bits per heavy atom. The topological polar surface area (TPSA) is 29.9 Å². The molecule has 1 aliphatic rings. The quantitative estimate of drug-likeness (QED) is 0.854. The fraction of sp³-hybridized carbons (Fsp3) is 0.471. The summed E-state index contributed by atoms with van der Waals surface area (Å²) in [6, 6.07) is 11.2. The highest BCUT2D eigenvalue weighted by Crippen LogP contribution is 2.54. The summed E-state index contributed by atoms with van der Waals surface area (Å²) < 4.78 is 3.11.